The van der Waals surface area contributed by atoms with Crippen molar-refractivity contribution in [1.29, 1.82) is 0 Å². The Morgan fingerprint density at radius 1 is 1.09 bits per heavy atom. The molecule has 0 aromatic rings. The van der Waals surface area contributed by atoms with Crippen molar-refractivity contribution in [3.8, 4) is 0 Å². The third kappa shape index (κ3) is 2.19. The highest BCUT2D eigenvalue weighted by Gasteiger charge is 2.60. The van der Waals surface area contributed by atoms with Crippen LogP contribution in [0.3, 0.4) is 0 Å². The minimum absolute atomic E-state index is 0.0130. The zero-order valence-corrected chi connectivity index (χ0v) is 14.7. The van der Waals surface area contributed by atoms with Crippen molar-refractivity contribution in [3.05, 3.63) is 0 Å². The Balaban J connectivity index is 1.72. The van der Waals surface area contributed by atoms with Crippen LogP contribution in [0.5, 0.6) is 0 Å². The molecular formula is C21H34O2. The second-order valence-electron chi connectivity index (χ2n) is 9.14. The summed E-state index contributed by atoms with van der Waals surface area (Å²) < 4.78 is 42.0. The predicted octanol–water partition coefficient (Wildman–Crippen LogP) is 4.60. The SMILES string of the molecule is [2H]C1([2H])C[C@]2(C)[C@H]3CC[C@]4(C)[C@@H](C(C)=O)CC[C@H]4[C@@H]3CC[C@H]2C([2H])([2H])[C@@]1([2H])O. The fraction of sp³-hybridized carbons (Fsp3) is 0.952. The van der Waals surface area contributed by atoms with Crippen molar-refractivity contribution in [2.75, 3.05) is 0 Å². The smallest absolute Gasteiger partial charge is 0.133 e. The molecule has 2 nitrogen and oxygen atoms in total. The second kappa shape index (κ2) is 5.31. The Kier molecular flexibility index (Phi) is 2.61. The van der Waals surface area contributed by atoms with E-state index in [0.29, 0.717) is 18.3 Å². The van der Waals surface area contributed by atoms with E-state index in [0.717, 1.165) is 32.1 Å². The predicted molar refractivity (Wildman–Crippen MR) is 91.9 cm³/mol. The first-order valence-corrected chi connectivity index (χ1v) is 9.43. The molecule has 0 saturated heterocycles. The monoisotopic (exact) mass is 323 g/mol. The summed E-state index contributed by atoms with van der Waals surface area (Å²) in [6, 6.07) is 0. The van der Waals surface area contributed by atoms with E-state index in [2.05, 4.69) is 6.92 Å². The molecular weight excluding hydrogens is 284 g/mol. The number of hydrogen-bond donors (Lipinski definition) is 1. The normalized spacial score (nSPS) is 66.4. The van der Waals surface area contributed by atoms with E-state index in [1.54, 1.807) is 6.92 Å². The summed E-state index contributed by atoms with van der Waals surface area (Å²) in [5.74, 6) is 0.900. The fourth-order valence-corrected chi connectivity index (χ4v) is 7.11. The van der Waals surface area contributed by atoms with Gasteiger partial charge in [-0.3, -0.25) is 4.79 Å². The zero-order chi connectivity index (χ0) is 20.9. The Hall–Kier alpha value is -0.370. The molecule has 0 spiro atoms. The lowest BCUT2D eigenvalue weighted by Gasteiger charge is -2.60. The summed E-state index contributed by atoms with van der Waals surface area (Å²) in [4.78, 5) is 12.3. The summed E-state index contributed by atoms with van der Waals surface area (Å²) in [7, 11) is 0. The molecule has 0 aromatic heterocycles. The summed E-state index contributed by atoms with van der Waals surface area (Å²) >= 11 is 0. The van der Waals surface area contributed by atoms with Crippen molar-refractivity contribution in [2.24, 2.45) is 40.4 Å². The molecule has 0 radical (unpaired) electrons. The van der Waals surface area contributed by atoms with Gasteiger partial charge in [0.25, 0.3) is 0 Å². The molecule has 4 fully saturated rings. The van der Waals surface area contributed by atoms with Crippen LogP contribution in [0.1, 0.15) is 85.3 Å². The van der Waals surface area contributed by atoms with E-state index in [-0.39, 0.29) is 29.5 Å². The van der Waals surface area contributed by atoms with Gasteiger partial charge in [-0.05, 0) is 99.1 Å². The van der Waals surface area contributed by atoms with Gasteiger partial charge in [-0.2, -0.15) is 0 Å². The van der Waals surface area contributed by atoms with Crippen molar-refractivity contribution < 1.29 is 16.8 Å². The number of hydrogen-bond acceptors (Lipinski definition) is 2. The first-order chi connectivity index (χ1) is 12.7. The average molecular weight is 324 g/mol. The van der Waals surface area contributed by atoms with Gasteiger partial charge in [0, 0.05) is 11.4 Å². The Labute approximate surface area is 148 Å². The molecule has 4 aliphatic rings. The molecule has 4 saturated carbocycles. The van der Waals surface area contributed by atoms with Gasteiger partial charge in [-0.15, -0.1) is 0 Å². The number of ketones is 1. The molecule has 0 aromatic carbocycles. The molecule has 2 heteroatoms. The zero-order valence-electron chi connectivity index (χ0n) is 19.7. The number of carbonyl (C=O) groups is 1. The average Bonchev–Trinajstić information content (AvgIpc) is 2.90. The van der Waals surface area contributed by atoms with Crippen molar-refractivity contribution in [3.63, 3.8) is 0 Å². The van der Waals surface area contributed by atoms with Crippen LogP contribution >= 0.6 is 0 Å². The summed E-state index contributed by atoms with van der Waals surface area (Å²) in [6.07, 6.45) is -2.04. The van der Waals surface area contributed by atoms with Crippen LogP contribution in [0.15, 0.2) is 0 Å². The number of fused-ring (bicyclic) bond motifs is 5. The standard InChI is InChI=1S/C21H34O2/c1-13(22)17-6-7-18-16-5-4-14-12-15(23)8-10-20(14,2)19(16)9-11-21(17,18)3/h14-19,23H,4-12H2,1-3H3/t14-,15-,16-,17+,18-,19-,20-,21+/m0/s1/i8D2,12D2,15D. The Bertz CT molecular complexity index is 692. The highest BCUT2D eigenvalue weighted by molar-refractivity contribution is 5.79. The molecule has 4 aliphatic carbocycles. The minimum atomic E-state index is -2.73. The lowest BCUT2D eigenvalue weighted by molar-refractivity contribution is -0.138. The lowest BCUT2D eigenvalue weighted by Crippen LogP contribution is -2.54. The largest absolute Gasteiger partial charge is 0.393 e. The van der Waals surface area contributed by atoms with Gasteiger partial charge in [0.15, 0.2) is 0 Å². The maximum atomic E-state index is 12.3. The van der Waals surface area contributed by atoms with Crippen LogP contribution < -0.4 is 0 Å². The molecule has 130 valence electrons. The molecule has 0 heterocycles. The van der Waals surface area contributed by atoms with Gasteiger partial charge >= 0.3 is 0 Å². The van der Waals surface area contributed by atoms with E-state index < -0.39 is 30.2 Å². The van der Waals surface area contributed by atoms with E-state index in [1.807, 2.05) is 6.92 Å². The minimum Gasteiger partial charge on any atom is -0.393 e. The molecule has 23 heavy (non-hydrogen) atoms. The molecule has 0 amide bonds. The van der Waals surface area contributed by atoms with Gasteiger partial charge in [0.1, 0.15) is 5.78 Å². The van der Waals surface area contributed by atoms with Gasteiger partial charge in [-0.1, -0.05) is 13.8 Å². The van der Waals surface area contributed by atoms with Crippen LogP contribution in [0.2, 0.25) is 0 Å². The maximum absolute atomic E-state index is 12.3. The highest BCUT2D eigenvalue weighted by Crippen LogP contribution is 2.67. The van der Waals surface area contributed by atoms with E-state index in [1.165, 1.54) is 0 Å². The number of rotatable bonds is 1. The van der Waals surface area contributed by atoms with Crippen LogP contribution in [-0.2, 0) is 4.79 Å². The molecule has 0 aliphatic heterocycles. The number of aliphatic hydroxyl groups is 1. The molecule has 8 atom stereocenters. The third-order valence-electron chi connectivity index (χ3n) is 8.31. The van der Waals surface area contributed by atoms with Gasteiger partial charge in [-0.25, -0.2) is 0 Å². The fourth-order valence-electron chi connectivity index (χ4n) is 7.11. The highest BCUT2D eigenvalue weighted by atomic mass is 16.3. The van der Waals surface area contributed by atoms with Crippen LogP contribution in [0.4, 0.5) is 0 Å². The Morgan fingerprint density at radius 3 is 2.57 bits per heavy atom. The van der Waals surface area contributed by atoms with Crippen molar-refractivity contribution >= 4 is 5.78 Å². The summed E-state index contributed by atoms with van der Waals surface area (Å²) in [5, 5.41) is 10.5. The molecule has 4 rings (SSSR count). The summed E-state index contributed by atoms with van der Waals surface area (Å²) in [6.45, 7) is 5.99. The first-order valence-electron chi connectivity index (χ1n) is 11.9. The van der Waals surface area contributed by atoms with E-state index in [9.17, 15) is 9.90 Å². The summed E-state index contributed by atoms with van der Waals surface area (Å²) in [5.41, 5.74) is -0.558. The van der Waals surface area contributed by atoms with Gasteiger partial charge in [0.2, 0.25) is 0 Å². The third-order valence-corrected chi connectivity index (χ3v) is 8.31. The van der Waals surface area contributed by atoms with E-state index >= 15 is 0 Å². The maximum Gasteiger partial charge on any atom is 0.133 e. The van der Waals surface area contributed by atoms with Crippen molar-refractivity contribution in [1.82, 2.24) is 0 Å². The molecule has 0 unspecified atom stereocenters. The van der Waals surface area contributed by atoms with Gasteiger partial charge in [0.05, 0.1) is 7.45 Å². The second-order valence-corrected chi connectivity index (χ2v) is 9.14. The number of carbonyl (C=O) groups excluding carboxylic acids is 1. The first kappa shape index (κ1) is 11.3. The van der Waals surface area contributed by atoms with Crippen molar-refractivity contribution in [2.45, 2.75) is 84.5 Å². The molecule has 0 bridgehead atoms. The lowest BCUT2D eigenvalue weighted by atomic mass is 9.44. The van der Waals surface area contributed by atoms with Crippen LogP contribution in [-0.4, -0.2) is 17.0 Å². The quantitative estimate of drug-likeness (QED) is 0.766. The van der Waals surface area contributed by atoms with Crippen LogP contribution in [0, 0.1) is 40.4 Å². The Morgan fingerprint density at radius 2 is 1.83 bits per heavy atom. The van der Waals surface area contributed by atoms with E-state index in [4.69, 9.17) is 6.85 Å². The molecule has 1 N–H and O–H groups in total. The van der Waals surface area contributed by atoms with Crippen LogP contribution in [0.25, 0.3) is 0 Å². The van der Waals surface area contributed by atoms with Gasteiger partial charge < -0.3 is 5.11 Å². The number of Topliss-reactive ketones (excluding diaryl/α,β-unsaturated/α-hetero) is 1. The topological polar surface area (TPSA) is 37.3 Å².